The average Bonchev–Trinajstić information content (AvgIpc) is 3.48. The van der Waals surface area contributed by atoms with Crippen molar-refractivity contribution in [2.45, 2.75) is 17.8 Å². The monoisotopic (exact) mass is 688 g/mol. The molecule has 10 heteroatoms. The molecule has 0 aromatic heterocycles. The van der Waals surface area contributed by atoms with E-state index in [0.717, 1.165) is 16.9 Å². The number of hydrogen-bond donors (Lipinski definition) is 0. The third kappa shape index (κ3) is 5.65. The van der Waals surface area contributed by atoms with Crippen molar-refractivity contribution >= 4 is 37.5 Å². The number of nitrogens with zero attached hydrogens (tertiary/aromatic N) is 2. The van der Waals surface area contributed by atoms with Crippen molar-refractivity contribution in [3.05, 3.63) is 121 Å². The van der Waals surface area contributed by atoms with Gasteiger partial charge < -0.3 is 9.80 Å². The van der Waals surface area contributed by atoms with Gasteiger partial charge in [-0.15, -0.1) is 0 Å². The number of halogens is 6. The summed E-state index contributed by atoms with van der Waals surface area (Å²) in [5.74, 6) is -9.79. The van der Waals surface area contributed by atoms with E-state index in [2.05, 4.69) is 11.8 Å². The summed E-state index contributed by atoms with van der Waals surface area (Å²) >= 11 is 0. The molecular formula is C37H38F6N2S2. The van der Waals surface area contributed by atoms with Gasteiger partial charge in [-0.2, -0.15) is 46.4 Å². The Balaban J connectivity index is 1.52. The highest BCUT2D eigenvalue weighted by molar-refractivity contribution is 8.39. The van der Waals surface area contributed by atoms with Gasteiger partial charge in [-0.05, 0) is 102 Å². The van der Waals surface area contributed by atoms with E-state index in [1.54, 1.807) is 43.3 Å². The Morgan fingerprint density at radius 1 is 0.574 bits per heavy atom. The van der Waals surface area contributed by atoms with Crippen LogP contribution in [0.1, 0.15) is 11.1 Å². The average molecular weight is 689 g/mol. The van der Waals surface area contributed by atoms with Crippen LogP contribution in [-0.2, 0) is 0 Å². The third-order valence-corrected chi connectivity index (χ3v) is 14.4. The lowest BCUT2D eigenvalue weighted by Gasteiger charge is -2.36. The number of rotatable bonds is 6. The summed E-state index contributed by atoms with van der Waals surface area (Å²) < 4.78 is 93.9. The topological polar surface area (TPSA) is 6.48 Å². The van der Waals surface area contributed by atoms with Crippen molar-refractivity contribution in [3.8, 4) is 11.8 Å². The molecule has 0 unspecified atom stereocenters. The lowest BCUT2D eigenvalue weighted by Crippen LogP contribution is -2.49. The molecule has 0 spiro atoms. The van der Waals surface area contributed by atoms with Crippen molar-refractivity contribution in [3.63, 3.8) is 0 Å². The van der Waals surface area contributed by atoms with Crippen LogP contribution in [0.15, 0.2) is 110 Å². The number of allylic oxidation sites excluding steroid dienone is 8. The second-order valence-corrected chi connectivity index (χ2v) is 19.9. The van der Waals surface area contributed by atoms with E-state index in [9.17, 15) is 0 Å². The molecule has 2 aromatic carbocycles. The minimum absolute atomic E-state index is 0.173. The van der Waals surface area contributed by atoms with Crippen LogP contribution in [-0.4, -0.2) is 71.0 Å². The Kier molecular flexibility index (Phi) is 8.68. The zero-order chi connectivity index (χ0) is 34.7. The summed E-state index contributed by atoms with van der Waals surface area (Å²) in [7, 11) is 2.80. The maximum Gasteiger partial charge on any atom is 0.380 e. The summed E-state index contributed by atoms with van der Waals surface area (Å²) in [4.78, 5) is 4.56. The SMILES string of the molecule is CN(C)c1ccc(C#CC2=CC=C(C3=C(C4=CC=C(/C=C/c5ccc(N(C)C)cc5)S4(C)C)C(F)(F)C(F)(F)C3(F)F)S2(C)C)cc1. The Labute approximate surface area is 276 Å². The van der Waals surface area contributed by atoms with Gasteiger partial charge in [-0.1, -0.05) is 30.0 Å². The Bertz CT molecular complexity index is 1840. The van der Waals surface area contributed by atoms with E-state index in [0.29, 0.717) is 15.4 Å². The van der Waals surface area contributed by atoms with Crippen LogP contribution in [0.3, 0.4) is 0 Å². The molecule has 2 aromatic rings. The normalized spacial score (nSPS) is 22.9. The molecule has 0 amide bonds. The quantitative estimate of drug-likeness (QED) is 0.220. The van der Waals surface area contributed by atoms with Gasteiger partial charge in [0.25, 0.3) is 0 Å². The first-order valence-corrected chi connectivity index (χ1v) is 19.6. The molecule has 2 heterocycles. The molecule has 0 saturated heterocycles. The van der Waals surface area contributed by atoms with E-state index >= 15 is 26.3 Å². The van der Waals surface area contributed by atoms with E-state index in [1.807, 2.05) is 86.5 Å². The molecule has 0 N–H and O–H groups in total. The summed E-state index contributed by atoms with van der Waals surface area (Å²) in [6.45, 7) is 0. The van der Waals surface area contributed by atoms with Crippen molar-refractivity contribution in [1.82, 2.24) is 0 Å². The molecule has 0 fully saturated rings. The zero-order valence-corrected chi connectivity index (χ0v) is 29.2. The second-order valence-electron chi connectivity index (χ2n) is 12.8. The predicted molar refractivity (Wildman–Crippen MR) is 191 cm³/mol. The third-order valence-electron chi connectivity index (χ3n) is 8.75. The van der Waals surface area contributed by atoms with Gasteiger partial charge in [0.2, 0.25) is 0 Å². The number of alkyl halides is 6. The molecule has 5 rings (SSSR count). The molecule has 2 aliphatic heterocycles. The first-order valence-electron chi connectivity index (χ1n) is 14.7. The van der Waals surface area contributed by atoms with Gasteiger partial charge in [0.05, 0.1) is 11.1 Å². The van der Waals surface area contributed by atoms with Crippen LogP contribution >= 0.6 is 20.1 Å². The fourth-order valence-electron chi connectivity index (χ4n) is 5.73. The molecule has 0 radical (unpaired) electrons. The van der Waals surface area contributed by atoms with Crippen LogP contribution in [0.5, 0.6) is 0 Å². The first kappa shape index (κ1) is 34.6. The molecule has 0 bridgehead atoms. The molecule has 47 heavy (non-hydrogen) atoms. The van der Waals surface area contributed by atoms with E-state index in [1.165, 1.54) is 18.2 Å². The molecular weight excluding hydrogens is 651 g/mol. The number of hydrogen-bond acceptors (Lipinski definition) is 2. The van der Waals surface area contributed by atoms with E-state index in [-0.39, 0.29) is 9.81 Å². The van der Waals surface area contributed by atoms with Crippen molar-refractivity contribution in [2.24, 2.45) is 0 Å². The van der Waals surface area contributed by atoms with Crippen LogP contribution in [0.25, 0.3) is 6.08 Å². The highest BCUT2D eigenvalue weighted by Crippen LogP contribution is 2.74. The van der Waals surface area contributed by atoms with Crippen LogP contribution in [0, 0.1) is 11.8 Å². The van der Waals surface area contributed by atoms with Crippen molar-refractivity contribution in [1.29, 1.82) is 0 Å². The molecule has 0 atom stereocenters. The van der Waals surface area contributed by atoms with Crippen LogP contribution in [0.4, 0.5) is 37.7 Å². The lowest BCUT2D eigenvalue weighted by atomic mass is 10.1. The van der Waals surface area contributed by atoms with Gasteiger partial charge in [0.15, 0.2) is 0 Å². The molecule has 250 valence electrons. The maximum absolute atomic E-state index is 15.8. The fraction of sp³-hybridized carbons (Fsp3) is 0.297. The zero-order valence-electron chi connectivity index (χ0n) is 27.6. The smallest absolute Gasteiger partial charge is 0.378 e. The van der Waals surface area contributed by atoms with E-state index in [4.69, 9.17) is 0 Å². The first-order chi connectivity index (χ1) is 21.7. The standard InChI is InChI=1S/C37H38F6N2S2/c1-44(2)27-15-9-25(10-16-27)13-19-29-21-23-31(46(29,5)6)33-34(36(40,41)37(42,43)35(33,38)39)32-24-22-30(47(32,7)8)20-14-26-11-17-28(18-12-26)45(3)4/h9-13,15-19,21-24H,1-8H3/b19-13+. The summed E-state index contributed by atoms with van der Waals surface area (Å²) in [5.41, 5.74) is 0.936. The van der Waals surface area contributed by atoms with Gasteiger partial charge in [-0.25, -0.2) is 0 Å². The van der Waals surface area contributed by atoms with Gasteiger partial charge >= 0.3 is 17.8 Å². The maximum atomic E-state index is 15.8. The number of anilines is 2. The highest BCUT2D eigenvalue weighted by atomic mass is 32.3. The molecule has 2 nitrogen and oxygen atoms in total. The van der Waals surface area contributed by atoms with Gasteiger partial charge in [0.1, 0.15) is 0 Å². The summed E-state index contributed by atoms with van der Waals surface area (Å²) in [5, 5.41) is 0. The molecule has 1 aliphatic carbocycles. The van der Waals surface area contributed by atoms with Crippen LogP contribution < -0.4 is 9.80 Å². The highest BCUT2D eigenvalue weighted by Gasteiger charge is 2.81. The Hall–Kier alpha value is -3.68. The van der Waals surface area contributed by atoms with Crippen LogP contribution in [0.2, 0.25) is 0 Å². The molecule has 3 aliphatic rings. The fourth-order valence-corrected chi connectivity index (χ4v) is 10.0. The minimum atomic E-state index is -5.62. The van der Waals surface area contributed by atoms with Gasteiger partial charge in [-0.3, -0.25) is 0 Å². The Morgan fingerprint density at radius 2 is 1.04 bits per heavy atom. The summed E-state index contributed by atoms with van der Waals surface area (Å²) in [6.07, 6.45) is 15.8. The molecule has 0 saturated carbocycles. The summed E-state index contributed by atoms with van der Waals surface area (Å²) in [6, 6.07) is 15.0. The van der Waals surface area contributed by atoms with Crippen molar-refractivity contribution < 1.29 is 26.3 Å². The predicted octanol–water partition coefficient (Wildman–Crippen LogP) is 9.79. The van der Waals surface area contributed by atoms with E-state index < -0.39 is 49.0 Å². The van der Waals surface area contributed by atoms with Gasteiger partial charge in [0, 0.05) is 59.8 Å². The number of benzene rings is 2. The Morgan fingerprint density at radius 3 is 1.55 bits per heavy atom. The minimum Gasteiger partial charge on any atom is -0.378 e. The van der Waals surface area contributed by atoms with Crippen molar-refractivity contribution in [2.75, 3.05) is 63.0 Å². The largest absolute Gasteiger partial charge is 0.380 e. The lowest BCUT2D eigenvalue weighted by molar-refractivity contribution is -0.263. The second kappa shape index (κ2) is 11.8.